The molecule has 0 N–H and O–H groups in total. The summed E-state index contributed by atoms with van der Waals surface area (Å²) in [5.74, 6) is 0.610. The van der Waals surface area contributed by atoms with Crippen LogP contribution in [-0.2, 0) is 0 Å². The van der Waals surface area contributed by atoms with E-state index in [9.17, 15) is 0 Å². The summed E-state index contributed by atoms with van der Waals surface area (Å²) in [4.78, 5) is 11.5. The highest BCUT2D eigenvalue weighted by molar-refractivity contribution is 5.75. The first-order valence-corrected chi connectivity index (χ1v) is 8.55. The van der Waals surface area contributed by atoms with E-state index in [4.69, 9.17) is 4.42 Å². The van der Waals surface area contributed by atoms with Gasteiger partial charge in [-0.25, -0.2) is 4.98 Å². The van der Waals surface area contributed by atoms with Crippen LogP contribution in [0.3, 0.4) is 0 Å². The number of oxazole rings is 1. The molecule has 4 nitrogen and oxygen atoms in total. The van der Waals surface area contributed by atoms with Gasteiger partial charge in [-0.3, -0.25) is 4.98 Å². The van der Waals surface area contributed by atoms with E-state index in [0.29, 0.717) is 5.89 Å². The van der Waals surface area contributed by atoms with Gasteiger partial charge in [-0.05, 0) is 56.5 Å². The summed E-state index contributed by atoms with van der Waals surface area (Å²) in [5, 5.41) is 0. The number of para-hydroxylation sites is 2. The maximum atomic E-state index is 5.73. The molecule has 3 heterocycles. The molecule has 0 unspecified atom stereocenters. The molecule has 1 aromatic carbocycles. The number of benzene rings is 1. The number of hydrogen-bond acceptors (Lipinski definition) is 4. The zero-order chi connectivity index (χ0) is 16.4. The molecule has 122 valence electrons. The Morgan fingerprint density at radius 1 is 1.00 bits per heavy atom. The third-order valence-electron chi connectivity index (χ3n) is 4.39. The van der Waals surface area contributed by atoms with Gasteiger partial charge < -0.3 is 9.32 Å². The minimum Gasteiger partial charge on any atom is -0.437 e. The maximum Gasteiger partial charge on any atom is 0.220 e. The molecular formula is C20H21N3O. The van der Waals surface area contributed by atoms with E-state index in [1.807, 2.05) is 43.3 Å². The van der Waals surface area contributed by atoms with Crippen molar-refractivity contribution < 1.29 is 4.42 Å². The molecule has 0 bridgehead atoms. The van der Waals surface area contributed by atoms with Crippen molar-refractivity contribution >= 4 is 28.9 Å². The minimum atomic E-state index is 0.610. The quantitative estimate of drug-likeness (QED) is 0.702. The Hall–Kier alpha value is -2.62. The van der Waals surface area contributed by atoms with Crippen molar-refractivity contribution in [2.75, 3.05) is 18.0 Å². The van der Waals surface area contributed by atoms with E-state index in [-0.39, 0.29) is 0 Å². The third-order valence-corrected chi connectivity index (χ3v) is 4.39. The van der Waals surface area contributed by atoms with Crippen LogP contribution in [0.2, 0.25) is 0 Å². The van der Waals surface area contributed by atoms with Crippen LogP contribution in [-0.4, -0.2) is 23.1 Å². The lowest BCUT2D eigenvalue weighted by Gasteiger charge is -2.29. The number of hydrogen-bond donors (Lipinski definition) is 0. The van der Waals surface area contributed by atoms with Crippen molar-refractivity contribution in [3.63, 3.8) is 0 Å². The predicted molar refractivity (Wildman–Crippen MR) is 98.0 cm³/mol. The Balaban J connectivity index is 1.60. The lowest BCUT2D eigenvalue weighted by molar-refractivity contribution is 0.577. The number of rotatable bonds is 3. The Bertz CT molecular complexity index is 842. The number of pyridine rings is 1. The van der Waals surface area contributed by atoms with Gasteiger partial charge in [0.1, 0.15) is 5.52 Å². The zero-order valence-corrected chi connectivity index (χ0v) is 13.9. The second-order valence-corrected chi connectivity index (χ2v) is 6.29. The van der Waals surface area contributed by atoms with Crippen molar-refractivity contribution in [3.05, 3.63) is 53.7 Å². The fraction of sp³-hybridized carbons (Fsp3) is 0.300. The average Bonchev–Trinajstić information content (AvgIpc) is 3.03. The number of piperidine rings is 1. The normalized spacial score (nSPS) is 15.5. The van der Waals surface area contributed by atoms with Crippen LogP contribution in [0.4, 0.5) is 5.69 Å². The molecule has 4 heteroatoms. The van der Waals surface area contributed by atoms with E-state index in [0.717, 1.165) is 35.6 Å². The lowest BCUT2D eigenvalue weighted by atomic mass is 10.1. The van der Waals surface area contributed by atoms with Gasteiger partial charge in [0.15, 0.2) is 5.58 Å². The van der Waals surface area contributed by atoms with Crippen LogP contribution in [0, 0.1) is 6.92 Å². The van der Waals surface area contributed by atoms with Crippen molar-refractivity contribution in [3.8, 4) is 0 Å². The molecule has 0 atom stereocenters. The van der Waals surface area contributed by atoms with Gasteiger partial charge >= 0.3 is 0 Å². The van der Waals surface area contributed by atoms with Crippen LogP contribution in [0.15, 0.2) is 40.8 Å². The summed E-state index contributed by atoms with van der Waals surface area (Å²) in [6.07, 6.45) is 7.75. The second kappa shape index (κ2) is 6.48. The maximum absolute atomic E-state index is 5.73. The first kappa shape index (κ1) is 14.9. The number of fused-ring (bicyclic) bond motifs is 1. The molecule has 24 heavy (non-hydrogen) atoms. The van der Waals surface area contributed by atoms with Crippen LogP contribution >= 0.6 is 0 Å². The molecule has 1 saturated heterocycles. The Morgan fingerprint density at radius 2 is 1.83 bits per heavy atom. The summed E-state index contributed by atoms with van der Waals surface area (Å²) < 4.78 is 5.73. The molecule has 1 fully saturated rings. The van der Waals surface area contributed by atoms with Crippen molar-refractivity contribution in [1.82, 2.24) is 9.97 Å². The minimum absolute atomic E-state index is 0.610. The van der Waals surface area contributed by atoms with E-state index in [2.05, 4.69) is 27.0 Å². The van der Waals surface area contributed by atoms with Crippen LogP contribution in [0.25, 0.3) is 23.3 Å². The van der Waals surface area contributed by atoms with Crippen LogP contribution in [0.5, 0.6) is 0 Å². The SMILES string of the molecule is Cc1cc(N2CCCCC2)cc(/C=C/c2nc3ccccc3o2)n1. The van der Waals surface area contributed by atoms with Gasteiger partial charge in [-0.15, -0.1) is 0 Å². The molecule has 1 aliphatic heterocycles. The summed E-state index contributed by atoms with van der Waals surface area (Å²) in [6, 6.07) is 12.1. The summed E-state index contributed by atoms with van der Waals surface area (Å²) in [6.45, 7) is 4.32. The number of aryl methyl sites for hydroxylation is 1. The summed E-state index contributed by atoms with van der Waals surface area (Å²) in [5.41, 5.74) is 4.93. The molecule has 0 spiro atoms. The van der Waals surface area contributed by atoms with Gasteiger partial charge in [-0.2, -0.15) is 0 Å². The summed E-state index contributed by atoms with van der Waals surface area (Å²) >= 11 is 0. The number of nitrogens with zero attached hydrogens (tertiary/aromatic N) is 3. The van der Waals surface area contributed by atoms with Gasteiger partial charge in [0.05, 0.1) is 5.69 Å². The Kier molecular flexibility index (Phi) is 4.03. The summed E-state index contributed by atoms with van der Waals surface area (Å²) in [7, 11) is 0. The fourth-order valence-corrected chi connectivity index (χ4v) is 3.21. The Labute approximate surface area is 141 Å². The van der Waals surface area contributed by atoms with Crippen molar-refractivity contribution in [2.45, 2.75) is 26.2 Å². The molecule has 0 amide bonds. The van der Waals surface area contributed by atoms with Gasteiger partial charge in [-0.1, -0.05) is 12.1 Å². The molecule has 0 radical (unpaired) electrons. The van der Waals surface area contributed by atoms with Crippen LogP contribution < -0.4 is 4.90 Å². The first-order valence-electron chi connectivity index (χ1n) is 8.55. The van der Waals surface area contributed by atoms with Crippen LogP contribution in [0.1, 0.15) is 36.5 Å². The van der Waals surface area contributed by atoms with E-state index < -0.39 is 0 Å². The highest BCUT2D eigenvalue weighted by Gasteiger charge is 2.12. The average molecular weight is 319 g/mol. The van der Waals surface area contributed by atoms with E-state index in [1.165, 1.54) is 24.9 Å². The van der Waals surface area contributed by atoms with Crippen molar-refractivity contribution in [1.29, 1.82) is 0 Å². The zero-order valence-electron chi connectivity index (χ0n) is 13.9. The Morgan fingerprint density at radius 3 is 2.67 bits per heavy atom. The molecule has 3 aromatic rings. The fourth-order valence-electron chi connectivity index (χ4n) is 3.21. The number of aromatic nitrogens is 2. The first-order chi connectivity index (χ1) is 11.8. The highest BCUT2D eigenvalue weighted by atomic mass is 16.3. The monoisotopic (exact) mass is 319 g/mol. The lowest BCUT2D eigenvalue weighted by Crippen LogP contribution is -2.29. The topological polar surface area (TPSA) is 42.2 Å². The third kappa shape index (κ3) is 3.18. The van der Waals surface area contributed by atoms with Gasteiger partial charge in [0.2, 0.25) is 5.89 Å². The second-order valence-electron chi connectivity index (χ2n) is 6.29. The highest BCUT2D eigenvalue weighted by Crippen LogP contribution is 2.22. The van der Waals surface area contributed by atoms with E-state index >= 15 is 0 Å². The standard InChI is InChI=1S/C20H21N3O/c1-15-13-17(23-11-5-2-6-12-23)14-16(21-15)9-10-20-22-18-7-3-4-8-19(18)24-20/h3-4,7-10,13-14H,2,5-6,11-12H2,1H3/b10-9+. The number of anilines is 1. The molecule has 0 aliphatic carbocycles. The smallest absolute Gasteiger partial charge is 0.220 e. The van der Waals surface area contributed by atoms with Crippen molar-refractivity contribution in [2.24, 2.45) is 0 Å². The molecular weight excluding hydrogens is 298 g/mol. The molecule has 0 saturated carbocycles. The van der Waals surface area contributed by atoms with Gasteiger partial charge in [0.25, 0.3) is 0 Å². The van der Waals surface area contributed by atoms with E-state index in [1.54, 1.807) is 0 Å². The molecule has 1 aliphatic rings. The van der Waals surface area contributed by atoms with Gasteiger partial charge in [0, 0.05) is 30.5 Å². The predicted octanol–water partition coefficient (Wildman–Crippen LogP) is 4.69. The molecule has 2 aromatic heterocycles. The largest absolute Gasteiger partial charge is 0.437 e. The molecule has 4 rings (SSSR count).